The number of methoxy groups -OCH3 is 1. The third-order valence-corrected chi connectivity index (χ3v) is 3.46. The number of anilines is 2. The van der Waals surface area contributed by atoms with Crippen LogP contribution in [0.4, 0.5) is 11.4 Å². The van der Waals surface area contributed by atoms with Crippen LogP contribution in [-0.4, -0.2) is 30.6 Å². The fourth-order valence-corrected chi connectivity index (χ4v) is 2.41. The number of carbonyl (C=O) groups excluding carboxylic acids is 2. The first-order valence-electron chi connectivity index (χ1n) is 6.89. The van der Waals surface area contributed by atoms with Gasteiger partial charge in [0.15, 0.2) is 0 Å². The molecule has 0 radical (unpaired) electrons. The van der Waals surface area contributed by atoms with Crippen molar-refractivity contribution in [2.45, 2.75) is 12.8 Å². The smallest absolute Gasteiger partial charge is 0.294 e. The predicted molar refractivity (Wildman–Crippen MR) is 79.0 cm³/mol. The maximum absolute atomic E-state index is 11.9. The molecular weight excluding hydrogens is 286 g/mol. The number of rotatable bonds is 4. The van der Waals surface area contributed by atoms with E-state index in [0.717, 1.165) is 6.42 Å². The maximum Gasteiger partial charge on any atom is 0.294 e. The summed E-state index contributed by atoms with van der Waals surface area (Å²) in [5.41, 5.74) is 1.26. The highest BCUT2D eigenvalue weighted by molar-refractivity contribution is 6.03. The standard InChI is InChI=1S/C15H15N3O4/c1-21-13-9-10(17-15(20)12-6-7-16-22-12)4-5-11(13)18-8-2-3-14(18)19/h4-7,9H,2-3,8H2,1H3,(H,17,20). The van der Waals surface area contributed by atoms with E-state index in [9.17, 15) is 9.59 Å². The van der Waals surface area contributed by atoms with Gasteiger partial charge in [0.2, 0.25) is 11.7 Å². The molecule has 2 amide bonds. The Balaban J connectivity index is 1.82. The molecule has 2 heterocycles. The van der Waals surface area contributed by atoms with E-state index in [-0.39, 0.29) is 11.7 Å². The molecule has 2 aromatic rings. The van der Waals surface area contributed by atoms with Gasteiger partial charge in [-0.15, -0.1) is 0 Å². The molecule has 114 valence electrons. The Morgan fingerprint density at radius 3 is 2.91 bits per heavy atom. The van der Waals surface area contributed by atoms with Crippen LogP contribution < -0.4 is 15.0 Å². The number of nitrogens with zero attached hydrogens (tertiary/aromatic N) is 2. The van der Waals surface area contributed by atoms with Gasteiger partial charge in [0.1, 0.15) is 5.75 Å². The molecule has 0 aliphatic carbocycles. The summed E-state index contributed by atoms with van der Waals surface area (Å²) in [6.07, 6.45) is 2.79. The summed E-state index contributed by atoms with van der Waals surface area (Å²) in [6.45, 7) is 0.680. The van der Waals surface area contributed by atoms with Gasteiger partial charge in [-0.1, -0.05) is 5.16 Å². The monoisotopic (exact) mass is 301 g/mol. The van der Waals surface area contributed by atoms with Gasteiger partial charge in [0.25, 0.3) is 5.91 Å². The SMILES string of the molecule is COc1cc(NC(=O)c2ccno2)ccc1N1CCCC1=O. The van der Waals surface area contributed by atoms with Crippen molar-refractivity contribution in [3.05, 3.63) is 36.2 Å². The number of hydrogen-bond donors (Lipinski definition) is 1. The Kier molecular flexibility index (Phi) is 3.78. The number of aromatic nitrogens is 1. The molecule has 22 heavy (non-hydrogen) atoms. The maximum atomic E-state index is 11.9. The average molecular weight is 301 g/mol. The molecule has 1 aromatic heterocycles. The van der Waals surface area contributed by atoms with Crippen LogP contribution in [0, 0.1) is 0 Å². The highest BCUT2D eigenvalue weighted by atomic mass is 16.5. The highest BCUT2D eigenvalue weighted by Crippen LogP contribution is 2.33. The molecule has 7 nitrogen and oxygen atoms in total. The lowest BCUT2D eigenvalue weighted by Gasteiger charge is -2.19. The Morgan fingerprint density at radius 1 is 1.41 bits per heavy atom. The molecule has 7 heteroatoms. The van der Waals surface area contributed by atoms with Crippen molar-refractivity contribution < 1.29 is 18.8 Å². The number of hydrogen-bond acceptors (Lipinski definition) is 5. The first-order chi connectivity index (χ1) is 10.7. The minimum absolute atomic E-state index is 0.0803. The molecule has 3 rings (SSSR count). The molecule has 1 aliphatic rings. The van der Waals surface area contributed by atoms with Gasteiger partial charge in [0, 0.05) is 30.8 Å². The van der Waals surface area contributed by atoms with E-state index in [0.29, 0.717) is 30.1 Å². The summed E-state index contributed by atoms with van der Waals surface area (Å²) >= 11 is 0. The second kappa shape index (κ2) is 5.88. The number of amides is 2. The predicted octanol–water partition coefficient (Wildman–Crippen LogP) is 2.06. The Hall–Kier alpha value is -2.83. The van der Waals surface area contributed by atoms with Crippen molar-refractivity contribution >= 4 is 23.2 Å². The normalized spacial score (nSPS) is 14.2. The highest BCUT2D eigenvalue weighted by Gasteiger charge is 2.24. The second-order valence-electron chi connectivity index (χ2n) is 4.87. The van der Waals surface area contributed by atoms with Crippen molar-refractivity contribution in [2.24, 2.45) is 0 Å². The molecule has 0 unspecified atom stereocenters. The van der Waals surface area contributed by atoms with Gasteiger partial charge in [-0.2, -0.15) is 0 Å². The first-order valence-corrected chi connectivity index (χ1v) is 6.89. The largest absolute Gasteiger partial charge is 0.494 e. The molecule has 0 bridgehead atoms. The van der Waals surface area contributed by atoms with Crippen molar-refractivity contribution in [3.8, 4) is 5.75 Å². The number of ether oxygens (including phenoxy) is 1. The van der Waals surface area contributed by atoms with Crippen LogP contribution in [0.1, 0.15) is 23.4 Å². The molecular formula is C15H15N3O4. The Labute approximate surface area is 126 Å². The minimum Gasteiger partial charge on any atom is -0.494 e. The zero-order valence-corrected chi connectivity index (χ0v) is 12.0. The van der Waals surface area contributed by atoms with Crippen molar-refractivity contribution in [3.63, 3.8) is 0 Å². The van der Waals surface area contributed by atoms with Crippen LogP contribution >= 0.6 is 0 Å². The van der Waals surface area contributed by atoms with Crippen molar-refractivity contribution in [2.75, 3.05) is 23.9 Å². The summed E-state index contributed by atoms with van der Waals surface area (Å²) in [4.78, 5) is 25.5. The number of nitrogens with one attached hydrogen (secondary N) is 1. The van der Waals surface area contributed by atoms with Gasteiger partial charge < -0.3 is 19.5 Å². The van der Waals surface area contributed by atoms with Crippen LogP contribution in [0.2, 0.25) is 0 Å². The van der Waals surface area contributed by atoms with E-state index in [2.05, 4.69) is 10.5 Å². The minimum atomic E-state index is -0.399. The van der Waals surface area contributed by atoms with E-state index < -0.39 is 5.91 Å². The third-order valence-electron chi connectivity index (χ3n) is 3.46. The zero-order valence-electron chi connectivity index (χ0n) is 12.0. The Bertz CT molecular complexity index is 697. The van der Waals surface area contributed by atoms with Crippen LogP contribution in [-0.2, 0) is 4.79 Å². The fourth-order valence-electron chi connectivity index (χ4n) is 2.41. The molecule has 0 spiro atoms. The number of benzene rings is 1. The number of carbonyl (C=O) groups is 2. The van der Waals surface area contributed by atoms with Crippen LogP contribution in [0.15, 0.2) is 35.0 Å². The Morgan fingerprint density at radius 2 is 2.27 bits per heavy atom. The molecule has 1 aliphatic heterocycles. The lowest BCUT2D eigenvalue weighted by molar-refractivity contribution is -0.117. The second-order valence-corrected chi connectivity index (χ2v) is 4.87. The topological polar surface area (TPSA) is 84.7 Å². The lowest BCUT2D eigenvalue weighted by Crippen LogP contribution is -2.24. The van der Waals surface area contributed by atoms with Crippen molar-refractivity contribution in [1.29, 1.82) is 0 Å². The summed E-state index contributed by atoms with van der Waals surface area (Å²) in [5.74, 6) is 0.338. The first kappa shape index (κ1) is 14.1. The molecule has 0 saturated carbocycles. The quantitative estimate of drug-likeness (QED) is 0.934. The van der Waals surface area contributed by atoms with Gasteiger partial charge in [-0.25, -0.2) is 0 Å². The molecule has 1 fully saturated rings. The summed E-state index contributed by atoms with van der Waals surface area (Å²) in [5, 5.41) is 6.18. The van der Waals surface area contributed by atoms with Gasteiger partial charge in [-0.05, 0) is 18.6 Å². The molecule has 0 atom stereocenters. The summed E-state index contributed by atoms with van der Waals surface area (Å²) < 4.78 is 10.1. The third kappa shape index (κ3) is 2.65. The van der Waals surface area contributed by atoms with Gasteiger partial charge in [0.05, 0.1) is 19.0 Å². The summed E-state index contributed by atoms with van der Waals surface area (Å²) in [7, 11) is 1.53. The zero-order chi connectivity index (χ0) is 15.5. The van der Waals surface area contributed by atoms with E-state index in [1.807, 2.05) is 0 Å². The van der Waals surface area contributed by atoms with Crippen LogP contribution in [0.5, 0.6) is 5.75 Å². The molecule has 1 N–H and O–H groups in total. The van der Waals surface area contributed by atoms with Gasteiger partial charge in [-0.3, -0.25) is 9.59 Å². The average Bonchev–Trinajstić information content (AvgIpc) is 3.18. The molecule has 1 aromatic carbocycles. The van der Waals surface area contributed by atoms with Gasteiger partial charge >= 0.3 is 0 Å². The fraction of sp³-hybridized carbons (Fsp3) is 0.267. The van der Waals surface area contributed by atoms with E-state index in [1.165, 1.54) is 19.4 Å². The van der Waals surface area contributed by atoms with E-state index >= 15 is 0 Å². The molecule has 1 saturated heterocycles. The van der Waals surface area contributed by atoms with Crippen molar-refractivity contribution in [1.82, 2.24) is 5.16 Å². The van der Waals surface area contributed by atoms with E-state index in [1.54, 1.807) is 23.1 Å². The van der Waals surface area contributed by atoms with Crippen LogP contribution in [0.25, 0.3) is 0 Å². The lowest BCUT2D eigenvalue weighted by atomic mass is 10.2. The van der Waals surface area contributed by atoms with Crippen LogP contribution in [0.3, 0.4) is 0 Å². The van der Waals surface area contributed by atoms with E-state index in [4.69, 9.17) is 9.26 Å². The summed E-state index contributed by atoms with van der Waals surface area (Å²) in [6, 6.07) is 6.63.